The van der Waals surface area contributed by atoms with E-state index >= 15 is 0 Å². The molecule has 0 saturated carbocycles. The van der Waals surface area contributed by atoms with Gasteiger partial charge in [0.05, 0.1) is 12.3 Å². The molecule has 1 N–H and O–H groups in total. The molecule has 1 amide bonds. The lowest BCUT2D eigenvalue weighted by atomic mass is 10.1. The molecule has 1 aromatic carbocycles. The Balaban J connectivity index is 2.81. The lowest BCUT2D eigenvalue weighted by molar-refractivity contribution is -0.137. The first-order valence-electron chi connectivity index (χ1n) is 8.17. The Labute approximate surface area is 144 Å². The molecule has 0 aliphatic rings. The monoisotopic (exact) mass is 333 g/mol. The number of amides is 1. The van der Waals surface area contributed by atoms with E-state index in [2.05, 4.69) is 5.32 Å². The fraction of sp³-hybridized carbons (Fsp3) is 0.474. The maximum absolute atomic E-state index is 11.9. The van der Waals surface area contributed by atoms with Crippen molar-refractivity contribution in [3.8, 4) is 0 Å². The van der Waals surface area contributed by atoms with Crippen LogP contribution in [0.4, 0.5) is 10.5 Å². The summed E-state index contributed by atoms with van der Waals surface area (Å²) in [5.74, 6) is -0.395. The maximum atomic E-state index is 11.9. The van der Waals surface area contributed by atoms with Crippen LogP contribution in [-0.4, -0.2) is 24.3 Å². The van der Waals surface area contributed by atoms with E-state index in [1.54, 1.807) is 32.9 Å². The number of hydrogen-bond acceptors (Lipinski definition) is 4. The van der Waals surface area contributed by atoms with Crippen LogP contribution in [0.3, 0.4) is 0 Å². The molecule has 0 heterocycles. The molecule has 0 aliphatic carbocycles. The van der Waals surface area contributed by atoms with Crippen molar-refractivity contribution in [3.63, 3.8) is 0 Å². The predicted octanol–water partition coefficient (Wildman–Crippen LogP) is 4.70. The van der Waals surface area contributed by atoms with Gasteiger partial charge < -0.3 is 9.47 Å². The van der Waals surface area contributed by atoms with Crippen LogP contribution in [0.15, 0.2) is 24.3 Å². The minimum absolute atomic E-state index is 0.395. The lowest BCUT2D eigenvalue weighted by Gasteiger charge is -2.20. The van der Waals surface area contributed by atoms with E-state index < -0.39 is 17.7 Å². The van der Waals surface area contributed by atoms with Crippen LogP contribution >= 0.6 is 0 Å². The van der Waals surface area contributed by atoms with E-state index in [-0.39, 0.29) is 0 Å². The number of ether oxygens (including phenoxy) is 2. The second-order valence-electron chi connectivity index (χ2n) is 6.57. The zero-order chi connectivity index (χ0) is 18.2. The van der Waals surface area contributed by atoms with Gasteiger partial charge in [0.1, 0.15) is 5.60 Å². The summed E-state index contributed by atoms with van der Waals surface area (Å²) in [7, 11) is 0. The summed E-state index contributed by atoms with van der Waals surface area (Å²) in [5.41, 5.74) is 1.73. The average Bonchev–Trinajstić information content (AvgIpc) is 2.46. The van der Waals surface area contributed by atoms with E-state index in [0.717, 1.165) is 18.4 Å². The predicted molar refractivity (Wildman–Crippen MR) is 95.9 cm³/mol. The van der Waals surface area contributed by atoms with Gasteiger partial charge in [0.15, 0.2) is 0 Å². The summed E-state index contributed by atoms with van der Waals surface area (Å²) < 4.78 is 10.3. The number of rotatable bonds is 6. The summed E-state index contributed by atoms with van der Waals surface area (Å²) >= 11 is 0. The summed E-state index contributed by atoms with van der Waals surface area (Å²) in [4.78, 5) is 23.6. The molecule has 0 aromatic heterocycles. The van der Waals surface area contributed by atoms with Crippen molar-refractivity contribution >= 4 is 23.8 Å². The third-order valence-corrected chi connectivity index (χ3v) is 2.98. The van der Waals surface area contributed by atoms with Gasteiger partial charge in [-0.3, -0.25) is 5.32 Å². The number of esters is 1. The first-order chi connectivity index (χ1) is 11.2. The molecule has 0 atom stereocenters. The molecule has 24 heavy (non-hydrogen) atoms. The molecule has 0 fully saturated rings. The molecule has 5 heteroatoms. The van der Waals surface area contributed by atoms with Gasteiger partial charge >= 0.3 is 12.1 Å². The minimum atomic E-state index is -0.576. The highest BCUT2D eigenvalue weighted by atomic mass is 16.6. The number of unbranched alkanes of at least 4 members (excludes halogenated alkanes) is 1. The van der Waals surface area contributed by atoms with Gasteiger partial charge in [0, 0.05) is 6.08 Å². The van der Waals surface area contributed by atoms with E-state index in [9.17, 15) is 9.59 Å². The van der Waals surface area contributed by atoms with Crippen molar-refractivity contribution in [2.45, 2.75) is 53.1 Å². The van der Waals surface area contributed by atoms with Crippen LogP contribution in [0, 0.1) is 6.92 Å². The van der Waals surface area contributed by atoms with Crippen molar-refractivity contribution < 1.29 is 19.1 Å². The fourth-order valence-corrected chi connectivity index (χ4v) is 1.87. The third kappa shape index (κ3) is 7.81. The highest BCUT2D eigenvalue weighted by Gasteiger charge is 2.17. The first kappa shape index (κ1) is 19.7. The van der Waals surface area contributed by atoms with Crippen molar-refractivity contribution in [1.29, 1.82) is 0 Å². The largest absolute Gasteiger partial charge is 0.463 e. The topological polar surface area (TPSA) is 64.6 Å². The fourth-order valence-electron chi connectivity index (χ4n) is 1.87. The van der Waals surface area contributed by atoms with E-state index in [1.165, 1.54) is 6.08 Å². The maximum Gasteiger partial charge on any atom is 0.412 e. The number of benzene rings is 1. The standard InChI is InChI=1S/C19H27NO4/c1-6-7-12-23-17(21)11-9-15-13-14(2)8-10-16(15)20-18(22)24-19(3,4)5/h8-11,13H,6-7,12H2,1-5H3,(H,20,22)/b11-9+. The Morgan fingerprint density at radius 1 is 1.25 bits per heavy atom. The second kappa shape index (κ2) is 9.11. The Morgan fingerprint density at radius 3 is 2.58 bits per heavy atom. The van der Waals surface area contributed by atoms with Gasteiger partial charge in [0.2, 0.25) is 0 Å². The quantitative estimate of drug-likeness (QED) is 0.465. The molecule has 5 nitrogen and oxygen atoms in total. The van der Waals surface area contributed by atoms with Gasteiger partial charge in [0.25, 0.3) is 0 Å². The van der Waals surface area contributed by atoms with Gasteiger partial charge in [-0.15, -0.1) is 0 Å². The molecule has 0 bridgehead atoms. The highest BCUT2D eigenvalue weighted by molar-refractivity contribution is 5.92. The molecule has 0 spiro atoms. The van der Waals surface area contributed by atoms with E-state index in [1.807, 2.05) is 26.0 Å². The molecule has 0 aliphatic heterocycles. The molecule has 0 saturated heterocycles. The lowest BCUT2D eigenvalue weighted by Crippen LogP contribution is -2.27. The molecular formula is C19H27NO4. The molecule has 0 unspecified atom stereocenters. The van der Waals surface area contributed by atoms with E-state index in [4.69, 9.17) is 9.47 Å². The number of aryl methyl sites for hydroxylation is 1. The van der Waals surface area contributed by atoms with Crippen molar-refractivity contribution in [2.24, 2.45) is 0 Å². The molecule has 1 rings (SSSR count). The van der Waals surface area contributed by atoms with Crippen molar-refractivity contribution in [2.75, 3.05) is 11.9 Å². The number of carbonyl (C=O) groups excluding carboxylic acids is 2. The SMILES string of the molecule is CCCCOC(=O)/C=C/c1cc(C)ccc1NC(=O)OC(C)(C)C. The molecular weight excluding hydrogens is 306 g/mol. The van der Waals surface area contributed by atoms with Gasteiger partial charge in [-0.25, -0.2) is 9.59 Å². The van der Waals surface area contributed by atoms with Gasteiger partial charge in [-0.1, -0.05) is 25.0 Å². The van der Waals surface area contributed by atoms with E-state index in [0.29, 0.717) is 17.9 Å². The molecule has 132 valence electrons. The Bertz CT molecular complexity index is 600. The Kier molecular flexibility index (Phi) is 7.49. The van der Waals surface area contributed by atoms with Crippen LogP contribution in [0.1, 0.15) is 51.7 Å². The van der Waals surface area contributed by atoms with Crippen LogP contribution < -0.4 is 5.32 Å². The zero-order valence-corrected chi connectivity index (χ0v) is 15.1. The Morgan fingerprint density at radius 2 is 1.96 bits per heavy atom. The number of carbonyl (C=O) groups is 2. The first-order valence-corrected chi connectivity index (χ1v) is 8.17. The average molecular weight is 333 g/mol. The summed E-state index contributed by atoms with van der Waals surface area (Å²) in [5, 5.41) is 2.71. The molecule has 0 radical (unpaired) electrons. The van der Waals surface area contributed by atoms with Crippen LogP contribution in [0.2, 0.25) is 0 Å². The minimum Gasteiger partial charge on any atom is -0.463 e. The summed E-state index contributed by atoms with van der Waals surface area (Å²) in [6.45, 7) is 9.79. The Hall–Kier alpha value is -2.30. The van der Waals surface area contributed by atoms with Crippen LogP contribution in [0.25, 0.3) is 6.08 Å². The number of hydrogen-bond donors (Lipinski definition) is 1. The third-order valence-electron chi connectivity index (χ3n) is 2.98. The summed E-state index contributed by atoms with van der Waals surface area (Å²) in [6.07, 6.45) is 4.28. The smallest absolute Gasteiger partial charge is 0.412 e. The number of anilines is 1. The second-order valence-corrected chi connectivity index (χ2v) is 6.57. The number of nitrogens with one attached hydrogen (secondary N) is 1. The normalized spacial score (nSPS) is 11.4. The van der Waals surface area contributed by atoms with Crippen LogP contribution in [-0.2, 0) is 14.3 Å². The summed E-state index contributed by atoms with van der Waals surface area (Å²) in [6, 6.07) is 5.54. The highest BCUT2D eigenvalue weighted by Crippen LogP contribution is 2.20. The molecule has 1 aromatic rings. The van der Waals surface area contributed by atoms with Gasteiger partial charge in [-0.2, -0.15) is 0 Å². The zero-order valence-electron chi connectivity index (χ0n) is 15.1. The van der Waals surface area contributed by atoms with Crippen LogP contribution in [0.5, 0.6) is 0 Å². The van der Waals surface area contributed by atoms with Gasteiger partial charge in [-0.05, 0) is 57.9 Å². The van der Waals surface area contributed by atoms with Crippen molar-refractivity contribution in [3.05, 3.63) is 35.4 Å². The van der Waals surface area contributed by atoms with Crippen molar-refractivity contribution in [1.82, 2.24) is 0 Å².